The molecular weight excluding hydrogens is 624 g/mol. The Labute approximate surface area is 226 Å². The molecule has 1 saturated heterocycles. The number of phosphoric acid groups is 1. The zero-order valence-electron chi connectivity index (χ0n) is 21.4. The van der Waals surface area contributed by atoms with Crippen molar-refractivity contribution in [3.8, 4) is 5.75 Å². The molecule has 1 aromatic carbocycles. The van der Waals surface area contributed by atoms with Crippen LogP contribution in [0.2, 0.25) is 0 Å². The molecule has 1 fully saturated rings. The lowest BCUT2D eigenvalue weighted by Gasteiger charge is -2.33. The van der Waals surface area contributed by atoms with Gasteiger partial charge in [-0.25, -0.2) is 18.1 Å². The summed E-state index contributed by atoms with van der Waals surface area (Å²) in [6.07, 6.45) is -2.62. The summed E-state index contributed by atoms with van der Waals surface area (Å²) in [6, 6.07) is 1.72. The number of alkyl halides is 1. The molecule has 2 aliphatic heterocycles. The molecule has 0 aliphatic carbocycles. The lowest BCUT2D eigenvalue weighted by Crippen LogP contribution is -2.33. The summed E-state index contributed by atoms with van der Waals surface area (Å²) < 4.78 is 67.0. The second-order valence-electron chi connectivity index (χ2n) is 11.2. The van der Waals surface area contributed by atoms with Gasteiger partial charge in [-0.15, -0.1) is 0 Å². The molecule has 0 bridgehead atoms. The number of aromatic amines is 1. The molecule has 3 heterocycles. The number of fused-ring (bicyclic) bond motifs is 1. The number of hydrogen-bond acceptors (Lipinski definition) is 7. The van der Waals surface area contributed by atoms with Crippen molar-refractivity contribution < 1.29 is 31.7 Å². The van der Waals surface area contributed by atoms with Crippen molar-refractivity contribution in [2.45, 2.75) is 83.9 Å². The monoisotopic (exact) mass is 654 g/mol. The van der Waals surface area contributed by atoms with E-state index in [-0.39, 0.29) is 27.9 Å². The zero-order valence-corrected chi connectivity index (χ0v) is 24.4. The lowest BCUT2D eigenvalue weighted by molar-refractivity contribution is -0.0371. The highest BCUT2D eigenvalue weighted by molar-refractivity contribution is 14.1. The summed E-state index contributed by atoms with van der Waals surface area (Å²) in [7, 11) is -4.24. The van der Waals surface area contributed by atoms with Gasteiger partial charge in [0.25, 0.3) is 5.56 Å². The number of halogens is 3. The topological polar surface area (TPSA) is 109 Å². The number of H-pyrrole nitrogens is 1. The maximum Gasteiger partial charge on any atom is 0.530 e. The third-order valence-corrected chi connectivity index (χ3v) is 8.37. The van der Waals surface area contributed by atoms with E-state index in [9.17, 15) is 18.5 Å². The van der Waals surface area contributed by atoms with Crippen LogP contribution in [0.3, 0.4) is 0 Å². The first-order chi connectivity index (χ1) is 17.0. The van der Waals surface area contributed by atoms with Crippen molar-refractivity contribution in [3.05, 3.63) is 59.2 Å². The van der Waals surface area contributed by atoms with E-state index in [1.165, 1.54) is 6.20 Å². The molecule has 1 aromatic heterocycles. The first kappa shape index (κ1) is 28.4. The molecule has 0 saturated carbocycles. The van der Waals surface area contributed by atoms with Crippen LogP contribution in [-0.2, 0) is 35.8 Å². The van der Waals surface area contributed by atoms with E-state index in [4.69, 9.17) is 18.3 Å². The third-order valence-electron chi connectivity index (χ3n) is 6.29. The number of nitrogens with one attached hydrogen (secondary N) is 1. The minimum Gasteiger partial charge on any atom is -0.403 e. The third kappa shape index (κ3) is 5.73. The fraction of sp³-hybridized carbons (Fsp3) is 0.583. The quantitative estimate of drug-likeness (QED) is 0.355. The highest BCUT2D eigenvalue weighted by Gasteiger charge is 2.43. The normalized spacial score (nSPS) is 26.1. The zero-order chi connectivity index (χ0) is 27.5. The number of phosphoric ester groups is 1. The van der Waals surface area contributed by atoms with E-state index < -0.39 is 60.8 Å². The molecule has 0 spiro atoms. The van der Waals surface area contributed by atoms with Gasteiger partial charge in [0.2, 0.25) is 0 Å². The molecule has 0 amide bonds. The molecule has 204 valence electrons. The van der Waals surface area contributed by atoms with Gasteiger partial charge in [-0.1, -0.05) is 41.5 Å². The second-order valence-corrected chi connectivity index (χ2v) is 14.0. The van der Waals surface area contributed by atoms with Crippen LogP contribution in [0.25, 0.3) is 0 Å². The standard InChI is InChI=1S/C24H30F2IN2O7P/c1-23(2,3)13-7-14(24(4,5)6)20-12(19(13)26)10-33-37(32,36-20)34-11-17-15(25)8-18(35-17)29-9-16(27)21(30)28-22(29)31/h7,9,15,17-18H,8,10-11H2,1-6H3,(H,28,30,31)/t15-,17+,18+,37+/m0/s1. The van der Waals surface area contributed by atoms with Gasteiger partial charge in [-0.05, 0) is 45.1 Å². The van der Waals surface area contributed by atoms with Gasteiger partial charge in [-0.2, -0.15) is 0 Å². The Kier molecular flexibility index (Phi) is 7.57. The summed E-state index contributed by atoms with van der Waals surface area (Å²) in [5, 5.41) is 0. The maximum atomic E-state index is 15.4. The molecule has 2 aromatic rings. The van der Waals surface area contributed by atoms with Crippen molar-refractivity contribution in [3.63, 3.8) is 0 Å². The molecule has 9 nitrogen and oxygen atoms in total. The van der Waals surface area contributed by atoms with Gasteiger partial charge in [-0.3, -0.25) is 23.4 Å². The van der Waals surface area contributed by atoms with Crippen molar-refractivity contribution in [1.29, 1.82) is 0 Å². The van der Waals surface area contributed by atoms with Crippen LogP contribution in [0.5, 0.6) is 5.75 Å². The van der Waals surface area contributed by atoms with Gasteiger partial charge in [0.1, 0.15) is 30.1 Å². The Morgan fingerprint density at radius 2 is 1.84 bits per heavy atom. The SMILES string of the molecule is CC(C)(C)c1cc(C(C)(C)C)c2c(c1F)CO[P@](=O)(OC[C@H]1O[C@@H](n3cc(I)c(=O)[nH]c3=O)C[C@@H]1F)O2. The van der Waals surface area contributed by atoms with Crippen molar-refractivity contribution in [1.82, 2.24) is 9.55 Å². The van der Waals surface area contributed by atoms with Crippen LogP contribution in [0.15, 0.2) is 21.9 Å². The van der Waals surface area contributed by atoms with E-state index in [0.29, 0.717) is 11.1 Å². The Hall–Kier alpha value is -1.60. The Bertz CT molecular complexity index is 1380. The van der Waals surface area contributed by atoms with E-state index in [1.54, 1.807) is 28.7 Å². The molecule has 0 unspecified atom stereocenters. The van der Waals surface area contributed by atoms with Crippen LogP contribution < -0.4 is 15.8 Å². The summed E-state index contributed by atoms with van der Waals surface area (Å²) in [5.41, 5.74) is -0.976. The van der Waals surface area contributed by atoms with Crippen LogP contribution >= 0.6 is 30.4 Å². The number of nitrogens with zero attached hydrogens (tertiary/aromatic N) is 1. The average molecular weight is 654 g/mol. The molecule has 13 heteroatoms. The van der Waals surface area contributed by atoms with E-state index in [1.807, 2.05) is 41.5 Å². The lowest BCUT2D eigenvalue weighted by atomic mass is 9.78. The van der Waals surface area contributed by atoms with Crippen LogP contribution in [0.1, 0.15) is 70.9 Å². The molecule has 2 aliphatic rings. The Balaban J connectivity index is 1.55. The minimum absolute atomic E-state index is 0.101. The van der Waals surface area contributed by atoms with Crippen LogP contribution in [0, 0.1) is 9.39 Å². The van der Waals surface area contributed by atoms with Crippen molar-refractivity contribution in [2.24, 2.45) is 0 Å². The van der Waals surface area contributed by atoms with Crippen LogP contribution in [0.4, 0.5) is 8.78 Å². The Morgan fingerprint density at radius 1 is 1.19 bits per heavy atom. The average Bonchev–Trinajstić information content (AvgIpc) is 3.13. The predicted octanol–water partition coefficient (Wildman–Crippen LogP) is 5.23. The molecular formula is C24H30F2IN2O7P. The number of hydrogen-bond donors (Lipinski definition) is 1. The second kappa shape index (κ2) is 9.86. The highest BCUT2D eigenvalue weighted by Crippen LogP contribution is 2.58. The fourth-order valence-electron chi connectivity index (χ4n) is 4.23. The molecule has 0 radical (unpaired) electrons. The number of rotatable bonds is 4. The number of ether oxygens (including phenoxy) is 1. The van der Waals surface area contributed by atoms with Crippen molar-refractivity contribution >= 4 is 30.4 Å². The Morgan fingerprint density at radius 3 is 2.46 bits per heavy atom. The van der Waals surface area contributed by atoms with E-state index in [2.05, 4.69) is 4.98 Å². The summed E-state index contributed by atoms with van der Waals surface area (Å²) in [4.78, 5) is 25.9. The fourth-order valence-corrected chi connectivity index (χ4v) is 5.89. The van der Waals surface area contributed by atoms with Gasteiger partial charge in [0, 0.05) is 18.2 Å². The largest absolute Gasteiger partial charge is 0.530 e. The van der Waals surface area contributed by atoms with E-state index >= 15 is 4.39 Å². The minimum atomic E-state index is -4.24. The van der Waals surface area contributed by atoms with Gasteiger partial charge >= 0.3 is 13.5 Å². The highest BCUT2D eigenvalue weighted by atomic mass is 127. The van der Waals surface area contributed by atoms with Gasteiger partial charge < -0.3 is 9.26 Å². The maximum absolute atomic E-state index is 15.4. The van der Waals surface area contributed by atoms with Crippen molar-refractivity contribution in [2.75, 3.05) is 6.61 Å². The first-order valence-corrected chi connectivity index (χ1v) is 14.3. The number of benzene rings is 1. The first-order valence-electron chi connectivity index (χ1n) is 11.8. The van der Waals surface area contributed by atoms with Gasteiger partial charge in [0.15, 0.2) is 0 Å². The summed E-state index contributed by atoms with van der Waals surface area (Å²) in [5.74, 6) is -0.391. The molecule has 37 heavy (non-hydrogen) atoms. The summed E-state index contributed by atoms with van der Waals surface area (Å²) >= 11 is 1.75. The number of aromatic nitrogens is 2. The van der Waals surface area contributed by atoms with Crippen LogP contribution in [-0.4, -0.2) is 28.4 Å². The van der Waals surface area contributed by atoms with Gasteiger partial charge in [0.05, 0.1) is 22.3 Å². The smallest absolute Gasteiger partial charge is 0.403 e. The van der Waals surface area contributed by atoms with E-state index in [0.717, 1.165) is 4.57 Å². The molecule has 4 rings (SSSR count). The predicted molar refractivity (Wildman–Crippen MR) is 140 cm³/mol. The molecule has 4 atom stereocenters. The summed E-state index contributed by atoms with van der Waals surface area (Å²) in [6.45, 7) is 10.6. The molecule has 1 N–H and O–H groups in total.